The molecule has 0 saturated carbocycles. The smallest absolute Gasteiger partial charge is 0.176 e. The molecule has 0 radical (unpaired) electrons. The normalized spacial score (nSPS) is 22.2. The number of benzene rings is 1. The summed E-state index contributed by atoms with van der Waals surface area (Å²) >= 11 is 0. The first kappa shape index (κ1) is 13.5. The minimum absolute atomic E-state index is 0.0334. The van der Waals surface area contributed by atoms with E-state index >= 15 is 0 Å². The molecule has 1 aromatic carbocycles. The summed E-state index contributed by atoms with van der Waals surface area (Å²) in [5.74, 6) is 1.62. The number of imidazole rings is 2. The Morgan fingerprint density at radius 2 is 2.27 bits per heavy atom. The number of rotatable bonds is 3. The largest absolute Gasteiger partial charge is 0.379 e. The molecule has 1 N–H and O–H groups in total. The van der Waals surface area contributed by atoms with Crippen molar-refractivity contribution in [1.29, 1.82) is 0 Å². The Balaban J connectivity index is 1.75. The molecule has 2 aromatic heterocycles. The third-order valence-corrected chi connectivity index (χ3v) is 4.20. The van der Waals surface area contributed by atoms with E-state index in [1.807, 2.05) is 36.7 Å². The number of hydrogen-bond acceptors (Lipinski definition) is 4. The Morgan fingerprint density at radius 1 is 1.36 bits per heavy atom. The standard InChI is InChI=1S/C16H18N4O2/c1-21-14-10-22-9-6-13(14)20-8-7-17-16(20)15-18-11-4-2-3-5-12(11)19-15/h2-5,7-8,13-14H,6,9-10H2,1H3,(H,18,19)/t13-,14-/m1/s1. The van der Waals surface area contributed by atoms with Gasteiger partial charge in [0.15, 0.2) is 11.6 Å². The molecule has 0 amide bonds. The fourth-order valence-corrected chi connectivity index (χ4v) is 3.07. The number of nitrogens with zero attached hydrogens (tertiary/aromatic N) is 3. The van der Waals surface area contributed by atoms with Crippen LogP contribution in [0.2, 0.25) is 0 Å². The van der Waals surface area contributed by atoms with Gasteiger partial charge in [-0.2, -0.15) is 0 Å². The first-order chi connectivity index (χ1) is 10.9. The van der Waals surface area contributed by atoms with Crippen LogP contribution in [0.3, 0.4) is 0 Å². The lowest BCUT2D eigenvalue weighted by Crippen LogP contribution is -2.35. The highest BCUT2D eigenvalue weighted by Gasteiger charge is 2.29. The highest BCUT2D eigenvalue weighted by molar-refractivity contribution is 5.78. The summed E-state index contributed by atoms with van der Waals surface area (Å²) in [6.07, 6.45) is 4.74. The number of methoxy groups -OCH3 is 1. The van der Waals surface area contributed by atoms with Crippen molar-refractivity contribution in [2.24, 2.45) is 0 Å². The van der Waals surface area contributed by atoms with E-state index in [2.05, 4.69) is 19.5 Å². The molecule has 2 atom stereocenters. The van der Waals surface area contributed by atoms with Crippen LogP contribution in [0, 0.1) is 0 Å². The molecule has 0 bridgehead atoms. The number of H-pyrrole nitrogens is 1. The molecule has 22 heavy (non-hydrogen) atoms. The highest BCUT2D eigenvalue weighted by atomic mass is 16.5. The molecule has 3 heterocycles. The zero-order chi connectivity index (χ0) is 14.9. The Kier molecular flexibility index (Phi) is 3.40. The molecule has 0 aliphatic carbocycles. The van der Waals surface area contributed by atoms with Crippen molar-refractivity contribution in [2.45, 2.75) is 18.6 Å². The minimum Gasteiger partial charge on any atom is -0.379 e. The number of aromatic amines is 1. The van der Waals surface area contributed by atoms with Crippen LogP contribution < -0.4 is 0 Å². The molecule has 1 aliphatic rings. The number of aromatic nitrogens is 4. The van der Waals surface area contributed by atoms with Crippen LogP contribution in [-0.2, 0) is 9.47 Å². The van der Waals surface area contributed by atoms with E-state index in [1.165, 1.54) is 0 Å². The van der Waals surface area contributed by atoms with E-state index in [1.54, 1.807) is 7.11 Å². The van der Waals surface area contributed by atoms with Gasteiger partial charge in [0, 0.05) is 26.1 Å². The summed E-state index contributed by atoms with van der Waals surface area (Å²) in [5, 5.41) is 0. The molecule has 6 nitrogen and oxygen atoms in total. The Morgan fingerprint density at radius 3 is 3.14 bits per heavy atom. The maximum Gasteiger partial charge on any atom is 0.176 e. The summed E-state index contributed by atoms with van der Waals surface area (Å²) in [5.41, 5.74) is 1.96. The van der Waals surface area contributed by atoms with Gasteiger partial charge in [0.1, 0.15) is 6.10 Å². The quantitative estimate of drug-likeness (QED) is 0.806. The van der Waals surface area contributed by atoms with E-state index in [9.17, 15) is 0 Å². The zero-order valence-corrected chi connectivity index (χ0v) is 12.4. The van der Waals surface area contributed by atoms with Gasteiger partial charge in [-0.25, -0.2) is 9.97 Å². The lowest BCUT2D eigenvalue weighted by molar-refractivity contribution is -0.0598. The maximum atomic E-state index is 5.57. The van der Waals surface area contributed by atoms with Crippen molar-refractivity contribution >= 4 is 11.0 Å². The number of hydrogen-bond donors (Lipinski definition) is 1. The minimum atomic E-state index is 0.0334. The second-order valence-corrected chi connectivity index (χ2v) is 5.47. The third-order valence-electron chi connectivity index (χ3n) is 4.20. The van der Waals surface area contributed by atoms with Crippen molar-refractivity contribution in [1.82, 2.24) is 19.5 Å². The monoisotopic (exact) mass is 298 g/mol. The molecule has 1 saturated heterocycles. The van der Waals surface area contributed by atoms with E-state index in [4.69, 9.17) is 9.47 Å². The van der Waals surface area contributed by atoms with Crippen molar-refractivity contribution in [3.8, 4) is 11.6 Å². The van der Waals surface area contributed by atoms with Gasteiger partial charge in [-0.05, 0) is 18.6 Å². The maximum absolute atomic E-state index is 5.57. The van der Waals surface area contributed by atoms with Crippen LogP contribution in [0.5, 0.6) is 0 Å². The highest BCUT2D eigenvalue weighted by Crippen LogP contribution is 2.28. The molecule has 1 aliphatic heterocycles. The number of nitrogens with one attached hydrogen (secondary N) is 1. The molecule has 3 aromatic rings. The molecule has 0 spiro atoms. The molecule has 114 valence electrons. The predicted molar refractivity (Wildman–Crippen MR) is 82.6 cm³/mol. The summed E-state index contributed by atoms with van der Waals surface area (Å²) in [6.45, 7) is 1.35. The summed E-state index contributed by atoms with van der Waals surface area (Å²) in [6, 6.07) is 8.21. The number of fused-ring (bicyclic) bond motifs is 1. The average Bonchev–Trinajstić information content (AvgIpc) is 3.20. The van der Waals surface area contributed by atoms with Crippen LogP contribution >= 0.6 is 0 Å². The van der Waals surface area contributed by atoms with Crippen LogP contribution in [0.25, 0.3) is 22.7 Å². The molecular formula is C16H18N4O2. The summed E-state index contributed by atoms with van der Waals surface area (Å²) < 4.78 is 13.2. The fraction of sp³-hybridized carbons (Fsp3) is 0.375. The van der Waals surface area contributed by atoms with E-state index < -0.39 is 0 Å². The van der Waals surface area contributed by atoms with Crippen molar-refractivity contribution in [3.05, 3.63) is 36.7 Å². The SMILES string of the molecule is CO[C@@H]1COCC[C@H]1n1ccnc1-c1nc2ccccc2[nH]1. The van der Waals surface area contributed by atoms with Gasteiger partial charge in [-0.1, -0.05) is 12.1 Å². The van der Waals surface area contributed by atoms with Crippen molar-refractivity contribution < 1.29 is 9.47 Å². The first-order valence-corrected chi connectivity index (χ1v) is 7.45. The van der Waals surface area contributed by atoms with Gasteiger partial charge >= 0.3 is 0 Å². The Hall–Kier alpha value is -2.18. The average molecular weight is 298 g/mol. The lowest BCUT2D eigenvalue weighted by atomic mass is 10.1. The van der Waals surface area contributed by atoms with Crippen LogP contribution in [0.4, 0.5) is 0 Å². The second-order valence-electron chi connectivity index (χ2n) is 5.47. The molecule has 0 unspecified atom stereocenters. The molecule has 4 rings (SSSR count). The molecular weight excluding hydrogens is 280 g/mol. The third kappa shape index (κ3) is 2.20. The van der Waals surface area contributed by atoms with Crippen molar-refractivity contribution in [2.75, 3.05) is 20.3 Å². The predicted octanol–water partition coefficient (Wildman–Crippen LogP) is 2.40. The second kappa shape index (κ2) is 5.55. The van der Waals surface area contributed by atoms with Crippen molar-refractivity contribution in [3.63, 3.8) is 0 Å². The van der Waals surface area contributed by atoms with Crippen LogP contribution in [0.15, 0.2) is 36.7 Å². The van der Waals surface area contributed by atoms with Gasteiger partial charge in [0.05, 0.1) is 23.7 Å². The van der Waals surface area contributed by atoms with Gasteiger partial charge < -0.3 is 19.0 Å². The van der Waals surface area contributed by atoms with Gasteiger partial charge in [-0.3, -0.25) is 0 Å². The van der Waals surface area contributed by atoms with Crippen LogP contribution in [0.1, 0.15) is 12.5 Å². The zero-order valence-electron chi connectivity index (χ0n) is 12.4. The van der Waals surface area contributed by atoms with E-state index in [0.717, 1.165) is 35.7 Å². The fourth-order valence-electron chi connectivity index (χ4n) is 3.07. The van der Waals surface area contributed by atoms with Gasteiger partial charge in [0.25, 0.3) is 0 Å². The van der Waals surface area contributed by atoms with Gasteiger partial charge in [0.2, 0.25) is 0 Å². The lowest BCUT2D eigenvalue weighted by Gasteiger charge is -2.32. The van der Waals surface area contributed by atoms with Gasteiger partial charge in [-0.15, -0.1) is 0 Å². The topological polar surface area (TPSA) is 65.0 Å². The molecule has 6 heteroatoms. The number of para-hydroxylation sites is 2. The van der Waals surface area contributed by atoms with E-state index in [-0.39, 0.29) is 12.1 Å². The number of ether oxygens (including phenoxy) is 2. The first-order valence-electron chi connectivity index (χ1n) is 7.45. The molecule has 1 fully saturated rings. The summed E-state index contributed by atoms with van der Waals surface area (Å²) in [4.78, 5) is 12.5. The Labute approximate surface area is 128 Å². The summed E-state index contributed by atoms with van der Waals surface area (Å²) in [7, 11) is 1.73. The Bertz CT molecular complexity index is 746. The van der Waals surface area contributed by atoms with Crippen LogP contribution in [-0.4, -0.2) is 45.9 Å². The van der Waals surface area contributed by atoms with E-state index in [0.29, 0.717) is 6.61 Å².